The standard InChI is InChI=1S/C22H20ClN7O2/c1-32-20-14(11-24)6-7-25-21(20)29-16-3-4-17(29)13-28(12-16)22(31)18-5-2-15(23)10-19(18)30-26-8-9-27-30/h2,5-10,16-17H,3-4,12-13H2,1H3. The summed E-state index contributed by atoms with van der Waals surface area (Å²) in [7, 11) is 1.55. The van der Waals surface area contributed by atoms with E-state index in [0.29, 0.717) is 46.5 Å². The second kappa shape index (κ2) is 8.13. The Morgan fingerprint density at radius 2 is 1.88 bits per heavy atom. The quantitative estimate of drug-likeness (QED) is 0.603. The summed E-state index contributed by atoms with van der Waals surface area (Å²) in [6, 6.07) is 9.11. The molecule has 0 aliphatic carbocycles. The second-order valence-electron chi connectivity index (χ2n) is 7.81. The second-order valence-corrected chi connectivity index (χ2v) is 8.25. The number of likely N-dealkylation sites (tertiary alicyclic amines) is 1. The van der Waals surface area contributed by atoms with E-state index in [1.165, 1.54) is 4.80 Å². The number of methoxy groups -OCH3 is 1. The van der Waals surface area contributed by atoms with E-state index in [1.807, 2.05) is 4.90 Å². The highest BCUT2D eigenvalue weighted by atomic mass is 35.5. The number of pyridine rings is 1. The molecule has 2 aromatic heterocycles. The fraction of sp³-hybridized carbons (Fsp3) is 0.318. The summed E-state index contributed by atoms with van der Waals surface area (Å²) in [5, 5.41) is 18.3. The number of benzene rings is 1. The molecule has 1 aromatic carbocycles. The van der Waals surface area contributed by atoms with Crippen LogP contribution in [0.3, 0.4) is 0 Å². The van der Waals surface area contributed by atoms with Crippen molar-refractivity contribution in [3.8, 4) is 17.5 Å². The Kier molecular flexibility index (Phi) is 5.15. The molecule has 1 amide bonds. The maximum Gasteiger partial charge on any atom is 0.256 e. The van der Waals surface area contributed by atoms with Crippen LogP contribution in [0.4, 0.5) is 5.82 Å². The Balaban J connectivity index is 1.44. The van der Waals surface area contributed by atoms with Gasteiger partial charge in [0, 0.05) is 36.4 Å². The van der Waals surface area contributed by atoms with E-state index in [4.69, 9.17) is 16.3 Å². The van der Waals surface area contributed by atoms with Crippen LogP contribution in [0.5, 0.6) is 5.75 Å². The highest BCUT2D eigenvalue weighted by Crippen LogP contribution is 2.40. The molecule has 10 heteroatoms. The van der Waals surface area contributed by atoms with Crippen molar-refractivity contribution in [2.45, 2.75) is 24.9 Å². The molecule has 0 N–H and O–H groups in total. The lowest BCUT2D eigenvalue weighted by molar-refractivity contribution is 0.0717. The van der Waals surface area contributed by atoms with Crippen molar-refractivity contribution in [2.75, 3.05) is 25.1 Å². The van der Waals surface area contributed by atoms with Gasteiger partial charge in [-0.25, -0.2) is 4.98 Å². The molecular weight excluding hydrogens is 430 g/mol. The van der Waals surface area contributed by atoms with Crippen LogP contribution < -0.4 is 9.64 Å². The minimum absolute atomic E-state index is 0.0868. The molecule has 0 saturated carbocycles. The first-order chi connectivity index (χ1) is 15.6. The molecule has 0 radical (unpaired) electrons. The van der Waals surface area contributed by atoms with E-state index in [9.17, 15) is 10.1 Å². The Hall–Kier alpha value is -3.64. The lowest BCUT2D eigenvalue weighted by Gasteiger charge is -2.42. The average Bonchev–Trinajstić information content (AvgIpc) is 3.44. The lowest BCUT2D eigenvalue weighted by Crippen LogP contribution is -2.56. The van der Waals surface area contributed by atoms with Gasteiger partial charge in [0.25, 0.3) is 5.91 Å². The number of ether oxygens (including phenoxy) is 1. The summed E-state index contributed by atoms with van der Waals surface area (Å²) < 4.78 is 5.52. The smallest absolute Gasteiger partial charge is 0.256 e. The first-order valence-electron chi connectivity index (χ1n) is 10.3. The zero-order valence-corrected chi connectivity index (χ0v) is 18.1. The van der Waals surface area contributed by atoms with Gasteiger partial charge in [0.1, 0.15) is 6.07 Å². The number of hydrogen-bond acceptors (Lipinski definition) is 7. The molecule has 162 valence electrons. The molecule has 32 heavy (non-hydrogen) atoms. The molecule has 2 saturated heterocycles. The number of anilines is 1. The number of carbonyl (C=O) groups excluding carboxylic acids is 1. The van der Waals surface area contributed by atoms with Gasteiger partial charge in [-0.3, -0.25) is 4.79 Å². The van der Waals surface area contributed by atoms with Gasteiger partial charge in [-0.05, 0) is 37.1 Å². The van der Waals surface area contributed by atoms with Crippen LogP contribution in [-0.2, 0) is 0 Å². The summed E-state index contributed by atoms with van der Waals surface area (Å²) in [6.07, 6.45) is 6.62. The highest BCUT2D eigenvalue weighted by Gasteiger charge is 2.43. The van der Waals surface area contributed by atoms with Crippen molar-refractivity contribution in [3.63, 3.8) is 0 Å². The Bertz CT molecular complexity index is 1190. The molecule has 2 aliphatic heterocycles. The number of rotatable bonds is 4. The number of fused-ring (bicyclic) bond motifs is 2. The highest BCUT2D eigenvalue weighted by molar-refractivity contribution is 6.31. The summed E-state index contributed by atoms with van der Waals surface area (Å²) in [6.45, 7) is 1.09. The number of aromatic nitrogens is 4. The molecule has 2 atom stereocenters. The predicted molar refractivity (Wildman–Crippen MR) is 117 cm³/mol. The van der Waals surface area contributed by atoms with Crippen LogP contribution >= 0.6 is 11.6 Å². The van der Waals surface area contributed by atoms with E-state index in [-0.39, 0.29) is 18.0 Å². The molecule has 2 bridgehead atoms. The third kappa shape index (κ3) is 3.33. The molecule has 0 spiro atoms. The number of hydrogen-bond donors (Lipinski definition) is 0. The van der Waals surface area contributed by atoms with E-state index in [2.05, 4.69) is 26.2 Å². The Morgan fingerprint density at radius 3 is 2.53 bits per heavy atom. The van der Waals surface area contributed by atoms with Crippen molar-refractivity contribution in [1.82, 2.24) is 24.9 Å². The van der Waals surface area contributed by atoms with Gasteiger partial charge in [0.2, 0.25) is 0 Å². The van der Waals surface area contributed by atoms with Crippen molar-refractivity contribution in [3.05, 3.63) is 59.0 Å². The third-order valence-electron chi connectivity index (χ3n) is 6.05. The van der Waals surface area contributed by atoms with Gasteiger partial charge in [-0.1, -0.05) is 11.6 Å². The van der Waals surface area contributed by atoms with Gasteiger partial charge in [0.05, 0.1) is 36.3 Å². The maximum atomic E-state index is 13.5. The number of halogens is 1. The number of nitrogens with zero attached hydrogens (tertiary/aromatic N) is 7. The summed E-state index contributed by atoms with van der Waals surface area (Å²) in [5.74, 6) is 1.06. The van der Waals surface area contributed by atoms with Gasteiger partial charge in [-0.2, -0.15) is 20.3 Å². The van der Waals surface area contributed by atoms with Crippen LogP contribution in [0.2, 0.25) is 5.02 Å². The van der Waals surface area contributed by atoms with E-state index >= 15 is 0 Å². The number of amides is 1. The molecule has 2 fully saturated rings. The van der Waals surface area contributed by atoms with Crippen LogP contribution in [-0.4, -0.2) is 63.1 Å². The maximum absolute atomic E-state index is 13.5. The van der Waals surface area contributed by atoms with Crippen molar-refractivity contribution < 1.29 is 9.53 Å². The monoisotopic (exact) mass is 449 g/mol. The van der Waals surface area contributed by atoms with Crippen molar-refractivity contribution >= 4 is 23.3 Å². The lowest BCUT2D eigenvalue weighted by atomic mass is 10.1. The first-order valence-corrected chi connectivity index (χ1v) is 10.7. The van der Waals surface area contributed by atoms with Crippen LogP contribution in [0, 0.1) is 11.3 Å². The summed E-state index contributed by atoms with van der Waals surface area (Å²) in [4.78, 5) is 23.5. The summed E-state index contributed by atoms with van der Waals surface area (Å²) in [5.41, 5.74) is 1.50. The zero-order chi connectivity index (χ0) is 22.2. The number of piperazine rings is 1. The van der Waals surface area contributed by atoms with Crippen molar-refractivity contribution in [1.29, 1.82) is 5.26 Å². The minimum atomic E-state index is -0.0868. The van der Waals surface area contributed by atoms with Gasteiger partial charge >= 0.3 is 0 Å². The molecule has 2 unspecified atom stereocenters. The van der Waals surface area contributed by atoms with E-state index in [0.717, 1.165) is 12.8 Å². The summed E-state index contributed by atoms with van der Waals surface area (Å²) >= 11 is 6.18. The molecular formula is C22H20ClN7O2. The molecule has 2 aliphatic rings. The fourth-order valence-electron chi connectivity index (χ4n) is 4.69. The third-order valence-corrected chi connectivity index (χ3v) is 6.28. The SMILES string of the molecule is COc1c(C#N)ccnc1N1C2CCC1CN(C(=O)c1ccc(Cl)cc1-n1nccn1)C2. The number of carbonyl (C=O) groups is 1. The zero-order valence-electron chi connectivity index (χ0n) is 17.3. The first kappa shape index (κ1) is 20.3. The molecule has 9 nitrogen and oxygen atoms in total. The van der Waals surface area contributed by atoms with Crippen LogP contribution in [0.25, 0.3) is 5.69 Å². The minimum Gasteiger partial charge on any atom is -0.492 e. The van der Waals surface area contributed by atoms with Crippen LogP contribution in [0.1, 0.15) is 28.8 Å². The van der Waals surface area contributed by atoms with Gasteiger partial charge in [0.15, 0.2) is 11.6 Å². The Morgan fingerprint density at radius 1 is 1.16 bits per heavy atom. The van der Waals surface area contributed by atoms with E-state index < -0.39 is 0 Å². The van der Waals surface area contributed by atoms with Gasteiger partial charge in [-0.15, -0.1) is 0 Å². The topological polar surface area (TPSA) is 100 Å². The normalized spacial score (nSPS) is 19.7. The largest absolute Gasteiger partial charge is 0.492 e. The van der Waals surface area contributed by atoms with Crippen molar-refractivity contribution in [2.24, 2.45) is 0 Å². The molecule has 3 aromatic rings. The fourth-order valence-corrected chi connectivity index (χ4v) is 4.85. The predicted octanol–water partition coefficient (Wildman–Crippen LogP) is 2.69. The van der Waals surface area contributed by atoms with Gasteiger partial charge < -0.3 is 14.5 Å². The van der Waals surface area contributed by atoms with E-state index in [1.54, 1.807) is 50.0 Å². The Labute approximate surface area is 189 Å². The molecule has 4 heterocycles. The van der Waals surface area contributed by atoms with Crippen LogP contribution in [0.15, 0.2) is 42.9 Å². The number of nitriles is 1. The molecule has 5 rings (SSSR count). The average molecular weight is 450 g/mol.